The Morgan fingerprint density at radius 3 is 2.47 bits per heavy atom. The van der Waals surface area contributed by atoms with Gasteiger partial charge in [-0.1, -0.05) is 6.07 Å². The number of alkyl halides is 3. The first-order valence-corrected chi connectivity index (χ1v) is 13.9. The number of hydrogen-bond donors (Lipinski definition) is 5. The summed E-state index contributed by atoms with van der Waals surface area (Å²) < 4.78 is 62.5. The van der Waals surface area contributed by atoms with E-state index in [0.717, 1.165) is 37.6 Å². The number of nitrogens with two attached hydrogens (primary N) is 1. The van der Waals surface area contributed by atoms with E-state index in [4.69, 9.17) is 10.5 Å². The Bertz CT molecular complexity index is 1490. The van der Waals surface area contributed by atoms with Crippen molar-refractivity contribution in [2.75, 3.05) is 55.3 Å². The summed E-state index contributed by atoms with van der Waals surface area (Å²) >= 11 is 0.878. The number of benzene rings is 2. The number of morpholine rings is 1. The SMILES string of the molecule is Cc1cc(NC(=O)Nc2cc(C(F)(F)F)ccc2F)ccc1-c1nsc(NC(=O)NCCCN2CCOCC2)c1C(N)=O. The van der Waals surface area contributed by atoms with Crippen LogP contribution in [0, 0.1) is 12.7 Å². The van der Waals surface area contributed by atoms with E-state index in [9.17, 15) is 31.9 Å². The molecule has 43 heavy (non-hydrogen) atoms. The van der Waals surface area contributed by atoms with Crippen LogP contribution in [-0.2, 0) is 10.9 Å². The Balaban J connectivity index is 1.39. The van der Waals surface area contributed by atoms with E-state index < -0.39 is 41.2 Å². The normalized spacial score (nSPS) is 13.8. The summed E-state index contributed by atoms with van der Waals surface area (Å²) in [7, 11) is 0. The van der Waals surface area contributed by atoms with Crippen molar-refractivity contribution in [2.24, 2.45) is 5.73 Å². The molecule has 0 unspecified atom stereocenters. The molecule has 2 aromatic carbocycles. The van der Waals surface area contributed by atoms with Crippen LogP contribution in [0.4, 0.5) is 43.5 Å². The van der Waals surface area contributed by atoms with Crippen LogP contribution in [0.1, 0.15) is 27.9 Å². The molecule has 16 heteroatoms. The van der Waals surface area contributed by atoms with Crippen molar-refractivity contribution in [3.8, 4) is 11.3 Å². The summed E-state index contributed by atoms with van der Waals surface area (Å²) in [6.45, 7) is 5.98. The summed E-state index contributed by atoms with van der Waals surface area (Å²) in [5.74, 6) is -1.85. The van der Waals surface area contributed by atoms with Crippen LogP contribution in [0.3, 0.4) is 0 Å². The van der Waals surface area contributed by atoms with Crippen molar-refractivity contribution in [1.82, 2.24) is 14.6 Å². The van der Waals surface area contributed by atoms with Gasteiger partial charge in [-0.3, -0.25) is 15.0 Å². The first-order chi connectivity index (χ1) is 20.4. The minimum atomic E-state index is -4.71. The number of halogens is 4. The lowest BCUT2D eigenvalue weighted by molar-refractivity contribution is -0.137. The fraction of sp³-hybridized carbons (Fsp3) is 0.333. The minimum absolute atomic E-state index is 0.00930. The molecule has 1 aliphatic rings. The maximum atomic E-state index is 14.0. The molecule has 0 radical (unpaired) electrons. The molecule has 230 valence electrons. The van der Waals surface area contributed by atoms with Crippen LogP contribution in [0.15, 0.2) is 36.4 Å². The van der Waals surface area contributed by atoms with Gasteiger partial charge in [0, 0.05) is 30.9 Å². The standard InChI is InChI=1S/C27H29F4N7O4S/c1-15-13-17(34-26(41)35-20-14-16(27(29,30)31)3-6-19(20)28)4-5-18(15)22-21(23(32)39)24(43-37-22)36-25(40)33-7-2-8-38-9-11-42-12-10-38/h3-6,13-14H,2,7-12H2,1H3,(H2,32,39)(H2,33,36,40)(H2,34,35,41). The van der Waals surface area contributed by atoms with Crippen molar-refractivity contribution < 1.29 is 36.7 Å². The molecule has 5 amide bonds. The zero-order valence-corrected chi connectivity index (χ0v) is 23.8. The van der Waals surface area contributed by atoms with Gasteiger partial charge < -0.3 is 26.4 Å². The molecule has 6 N–H and O–H groups in total. The fourth-order valence-corrected chi connectivity index (χ4v) is 5.15. The molecule has 1 aromatic heterocycles. The molecule has 1 saturated heterocycles. The third kappa shape index (κ3) is 8.39. The zero-order valence-electron chi connectivity index (χ0n) is 22.9. The van der Waals surface area contributed by atoms with E-state index in [0.29, 0.717) is 49.1 Å². The molecule has 2 heterocycles. The summed E-state index contributed by atoms with van der Waals surface area (Å²) in [6.07, 6.45) is -3.98. The van der Waals surface area contributed by atoms with Crippen molar-refractivity contribution in [1.29, 1.82) is 0 Å². The second-order valence-electron chi connectivity index (χ2n) is 9.59. The van der Waals surface area contributed by atoms with Crippen LogP contribution in [-0.4, -0.2) is 66.6 Å². The van der Waals surface area contributed by atoms with E-state index in [1.54, 1.807) is 13.0 Å². The summed E-state index contributed by atoms with van der Waals surface area (Å²) in [4.78, 5) is 39.4. The Morgan fingerprint density at radius 2 is 1.79 bits per heavy atom. The van der Waals surface area contributed by atoms with Gasteiger partial charge in [-0.25, -0.2) is 14.0 Å². The first-order valence-electron chi connectivity index (χ1n) is 13.1. The predicted octanol–water partition coefficient (Wildman–Crippen LogP) is 4.86. The highest BCUT2D eigenvalue weighted by Crippen LogP contribution is 2.35. The Hall–Kier alpha value is -4.28. The minimum Gasteiger partial charge on any atom is -0.379 e. The maximum absolute atomic E-state index is 14.0. The molecule has 1 aliphatic heterocycles. The molecule has 0 bridgehead atoms. The lowest BCUT2D eigenvalue weighted by Gasteiger charge is -2.26. The number of primary amides is 1. The molecule has 0 spiro atoms. The van der Waals surface area contributed by atoms with Crippen LogP contribution in [0.5, 0.6) is 0 Å². The molecule has 1 fully saturated rings. The smallest absolute Gasteiger partial charge is 0.379 e. The third-order valence-corrected chi connectivity index (χ3v) is 7.25. The Morgan fingerprint density at radius 1 is 1.05 bits per heavy atom. The highest BCUT2D eigenvalue weighted by molar-refractivity contribution is 7.11. The van der Waals surface area contributed by atoms with Gasteiger partial charge in [-0.2, -0.15) is 17.5 Å². The topological polar surface area (TPSA) is 151 Å². The van der Waals surface area contributed by atoms with Gasteiger partial charge in [-0.05, 0) is 67.3 Å². The van der Waals surface area contributed by atoms with Crippen molar-refractivity contribution in [3.63, 3.8) is 0 Å². The molecule has 4 rings (SSSR count). The number of carbonyl (C=O) groups is 3. The molecule has 0 saturated carbocycles. The molecule has 11 nitrogen and oxygen atoms in total. The number of amides is 5. The largest absolute Gasteiger partial charge is 0.416 e. The van der Waals surface area contributed by atoms with Gasteiger partial charge in [0.05, 0.1) is 30.2 Å². The van der Waals surface area contributed by atoms with Crippen molar-refractivity contribution >= 4 is 45.9 Å². The lowest BCUT2D eigenvalue weighted by atomic mass is 10.0. The van der Waals surface area contributed by atoms with E-state index >= 15 is 0 Å². The number of anilines is 3. The maximum Gasteiger partial charge on any atom is 0.416 e. The third-order valence-electron chi connectivity index (χ3n) is 6.49. The van der Waals surface area contributed by atoms with Crippen LogP contribution in [0.2, 0.25) is 0 Å². The van der Waals surface area contributed by atoms with E-state index in [1.165, 1.54) is 12.1 Å². The number of aryl methyl sites for hydroxylation is 1. The van der Waals surface area contributed by atoms with E-state index in [1.807, 2.05) is 0 Å². The summed E-state index contributed by atoms with van der Waals surface area (Å²) in [6, 6.07) is 4.72. The van der Waals surface area contributed by atoms with Crippen LogP contribution >= 0.6 is 11.5 Å². The monoisotopic (exact) mass is 623 g/mol. The second-order valence-corrected chi connectivity index (χ2v) is 10.4. The lowest BCUT2D eigenvalue weighted by Crippen LogP contribution is -2.38. The van der Waals surface area contributed by atoms with Crippen LogP contribution < -0.4 is 27.0 Å². The second kappa shape index (κ2) is 13.8. The number of hydrogen-bond acceptors (Lipinski definition) is 7. The van der Waals surface area contributed by atoms with Crippen molar-refractivity contribution in [3.05, 3.63) is 58.9 Å². The first kappa shape index (κ1) is 31.7. The van der Waals surface area contributed by atoms with Gasteiger partial charge in [0.15, 0.2) is 0 Å². The van der Waals surface area contributed by atoms with Gasteiger partial charge in [0.25, 0.3) is 5.91 Å². The molecular formula is C27H29F4N7O4S. The molecule has 3 aromatic rings. The zero-order chi connectivity index (χ0) is 31.1. The van der Waals surface area contributed by atoms with Gasteiger partial charge in [0.2, 0.25) is 0 Å². The number of carbonyl (C=O) groups excluding carboxylic acids is 3. The summed E-state index contributed by atoms with van der Waals surface area (Å²) in [5.41, 5.74) is 5.36. The number of aromatic nitrogens is 1. The average molecular weight is 624 g/mol. The molecular weight excluding hydrogens is 594 g/mol. The molecule has 0 atom stereocenters. The number of rotatable bonds is 9. The Labute approximate surface area is 247 Å². The Kier molecular flexibility index (Phi) is 10.2. The van der Waals surface area contributed by atoms with Gasteiger partial charge in [-0.15, -0.1) is 0 Å². The highest BCUT2D eigenvalue weighted by atomic mass is 32.1. The number of nitrogens with zero attached hydrogens (tertiary/aromatic N) is 2. The summed E-state index contributed by atoms with van der Waals surface area (Å²) in [5, 5.41) is 10.0. The molecule has 0 aliphatic carbocycles. The van der Waals surface area contributed by atoms with Gasteiger partial charge >= 0.3 is 18.2 Å². The number of ether oxygens (including phenoxy) is 1. The average Bonchev–Trinajstić information content (AvgIpc) is 3.35. The number of nitrogens with one attached hydrogen (secondary N) is 4. The van der Waals surface area contributed by atoms with Crippen molar-refractivity contribution in [2.45, 2.75) is 19.5 Å². The van der Waals surface area contributed by atoms with Crippen LogP contribution in [0.25, 0.3) is 11.3 Å². The van der Waals surface area contributed by atoms with E-state index in [-0.39, 0.29) is 21.9 Å². The highest BCUT2D eigenvalue weighted by Gasteiger charge is 2.31. The van der Waals surface area contributed by atoms with Gasteiger partial charge in [0.1, 0.15) is 16.4 Å². The fourth-order valence-electron chi connectivity index (χ4n) is 4.35. The number of urea groups is 2. The van der Waals surface area contributed by atoms with E-state index in [2.05, 4.69) is 30.5 Å². The predicted molar refractivity (Wildman–Crippen MR) is 154 cm³/mol. The quantitative estimate of drug-likeness (QED) is 0.170.